The number of ether oxygens (including phenoxy) is 1. The second-order valence-corrected chi connectivity index (χ2v) is 12.3. The van der Waals surface area contributed by atoms with Crippen LogP contribution in [0.5, 0.6) is 0 Å². The molecular formula is C34H39N3O3S. The highest BCUT2D eigenvalue weighted by Gasteiger charge is 2.25. The van der Waals surface area contributed by atoms with Crippen molar-refractivity contribution in [3.8, 4) is 0 Å². The molecule has 3 aromatic carbocycles. The number of pyridine rings is 1. The summed E-state index contributed by atoms with van der Waals surface area (Å²) in [5.74, 6) is 0.541. The molecule has 0 unspecified atom stereocenters. The molecule has 0 bridgehead atoms. The van der Waals surface area contributed by atoms with E-state index in [1.807, 2.05) is 87.6 Å². The topological polar surface area (TPSA) is 80.3 Å². The summed E-state index contributed by atoms with van der Waals surface area (Å²) < 4.78 is 5.59. The molecule has 4 rings (SSSR count). The number of hydrogen-bond acceptors (Lipinski definition) is 5. The number of nitrogens with zero attached hydrogens (tertiary/aromatic N) is 1. The van der Waals surface area contributed by atoms with Crippen molar-refractivity contribution in [3.63, 3.8) is 0 Å². The summed E-state index contributed by atoms with van der Waals surface area (Å²) in [5.41, 5.74) is 2.71. The molecule has 0 aliphatic rings. The highest BCUT2D eigenvalue weighted by atomic mass is 32.2. The van der Waals surface area contributed by atoms with Gasteiger partial charge >= 0.3 is 6.09 Å². The predicted molar refractivity (Wildman–Crippen MR) is 168 cm³/mol. The second kappa shape index (κ2) is 14.7. The van der Waals surface area contributed by atoms with Gasteiger partial charge in [-0.3, -0.25) is 9.78 Å². The Kier molecular flexibility index (Phi) is 10.8. The zero-order chi connectivity index (χ0) is 29.1. The van der Waals surface area contributed by atoms with Crippen LogP contribution in [0.4, 0.5) is 4.79 Å². The lowest BCUT2D eigenvalue weighted by molar-refractivity contribution is -0.120. The van der Waals surface area contributed by atoms with Gasteiger partial charge in [0.15, 0.2) is 0 Å². The van der Waals surface area contributed by atoms with Gasteiger partial charge in [0.05, 0.1) is 5.25 Å². The number of hydrogen-bond donors (Lipinski definition) is 2. The van der Waals surface area contributed by atoms with E-state index < -0.39 is 11.7 Å². The van der Waals surface area contributed by atoms with E-state index in [1.54, 1.807) is 18.0 Å². The third kappa shape index (κ3) is 9.94. The molecule has 2 atom stereocenters. The SMILES string of the molecule is CC(C)(C)OC(=O)N[C@@H](CS[C@@H](Cc1ccccc1)C(=O)NCCc1cccnc1)Cc1cccc2ccccc12. The smallest absolute Gasteiger partial charge is 0.407 e. The van der Waals surface area contributed by atoms with Crippen molar-refractivity contribution >= 4 is 34.5 Å². The first-order chi connectivity index (χ1) is 19.8. The molecule has 214 valence electrons. The summed E-state index contributed by atoms with van der Waals surface area (Å²) in [6.45, 7) is 6.10. The van der Waals surface area contributed by atoms with Crippen LogP contribution in [-0.2, 0) is 28.8 Å². The van der Waals surface area contributed by atoms with E-state index >= 15 is 0 Å². The van der Waals surface area contributed by atoms with Gasteiger partial charge in [0.1, 0.15) is 5.60 Å². The van der Waals surface area contributed by atoms with Gasteiger partial charge in [-0.05, 0) is 73.6 Å². The molecule has 1 aromatic heterocycles. The molecule has 1 heterocycles. The molecule has 0 aliphatic heterocycles. The maximum Gasteiger partial charge on any atom is 0.407 e. The Balaban J connectivity index is 1.49. The summed E-state index contributed by atoms with van der Waals surface area (Å²) in [7, 11) is 0. The zero-order valence-corrected chi connectivity index (χ0v) is 24.8. The number of alkyl carbamates (subject to hydrolysis) is 1. The third-order valence-corrected chi connectivity index (χ3v) is 7.94. The number of amides is 2. The lowest BCUT2D eigenvalue weighted by atomic mass is 9.99. The van der Waals surface area contributed by atoms with Crippen LogP contribution in [0.15, 0.2) is 97.3 Å². The van der Waals surface area contributed by atoms with Gasteiger partial charge < -0.3 is 15.4 Å². The molecule has 0 saturated carbocycles. The van der Waals surface area contributed by atoms with Crippen molar-refractivity contribution in [1.82, 2.24) is 15.6 Å². The van der Waals surface area contributed by atoms with Crippen molar-refractivity contribution in [2.24, 2.45) is 0 Å². The van der Waals surface area contributed by atoms with Crippen LogP contribution in [0.25, 0.3) is 10.8 Å². The lowest BCUT2D eigenvalue weighted by Crippen LogP contribution is -2.43. The lowest BCUT2D eigenvalue weighted by Gasteiger charge is -2.25. The molecule has 0 saturated heterocycles. The Morgan fingerprint density at radius 2 is 1.61 bits per heavy atom. The molecule has 7 heteroatoms. The van der Waals surface area contributed by atoms with Gasteiger partial charge in [-0.15, -0.1) is 11.8 Å². The molecule has 0 spiro atoms. The van der Waals surface area contributed by atoms with Crippen LogP contribution in [-0.4, -0.2) is 46.2 Å². The number of carbonyl (C=O) groups is 2. The van der Waals surface area contributed by atoms with Gasteiger partial charge in [0.25, 0.3) is 0 Å². The Morgan fingerprint density at radius 3 is 2.37 bits per heavy atom. The fraction of sp³-hybridized carbons (Fsp3) is 0.324. The van der Waals surface area contributed by atoms with Crippen molar-refractivity contribution < 1.29 is 14.3 Å². The molecule has 41 heavy (non-hydrogen) atoms. The Bertz CT molecular complexity index is 1400. The number of aromatic nitrogens is 1. The van der Waals surface area contributed by atoms with Crippen molar-refractivity contribution in [2.75, 3.05) is 12.3 Å². The minimum atomic E-state index is -0.606. The largest absolute Gasteiger partial charge is 0.444 e. The maximum absolute atomic E-state index is 13.4. The Labute approximate surface area is 247 Å². The minimum absolute atomic E-state index is 0.0103. The van der Waals surface area contributed by atoms with Gasteiger partial charge in [0.2, 0.25) is 5.91 Å². The minimum Gasteiger partial charge on any atom is -0.444 e. The molecule has 0 aliphatic carbocycles. The van der Waals surface area contributed by atoms with E-state index in [-0.39, 0.29) is 17.2 Å². The average Bonchev–Trinajstić information content (AvgIpc) is 2.95. The van der Waals surface area contributed by atoms with Crippen molar-refractivity contribution in [2.45, 2.75) is 56.9 Å². The summed E-state index contributed by atoms with van der Waals surface area (Å²) in [6, 6.07) is 28.2. The molecule has 6 nitrogen and oxygen atoms in total. The highest BCUT2D eigenvalue weighted by Crippen LogP contribution is 2.24. The molecule has 0 fully saturated rings. The Hall–Kier alpha value is -3.84. The normalized spacial score (nSPS) is 12.9. The van der Waals surface area contributed by atoms with Crippen LogP contribution in [0.1, 0.15) is 37.5 Å². The van der Waals surface area contributed by atoms with Gasteiger partial charge in [0, 0.05) is 30.7 Å². The second-order valence-electron chi connectivity index (χ2n) is 11.1. The number of nitrogens with one attached hydrogen (secondary N) is 2. The summed E-state index contributed by atoms with van der Waals surface area (Å²) in [6.07, 6.45) is 5.04. The monoisotopic (exact) mass is 569 g/mol. The fourth-order valence-electron chi connectivity index (χ4n) is 4.64. The number of benzene rings is 3. The van der Waals surface area contributed by atoms with Crippen molar-refractivity contribution in [3.05, 3.63) is 114 Å². The van der Waals surface area contributed by atoms with Gasteiger partial charge in [-0.25, -0.2) is 4.79 Å². The molecule has 0 radical (unpaired) electrons. The van der Waals surface area contributed by atoms with E-state index in [4.69, 9.17) is 4.74 Å². The van der Waals surface area contributed by atoms with E-state index in [2.05, 4.69) is 39.9 Å². The van der Waals surface area contributed by atoms with E-state index in [9.17, 15) is 9.59 Å². The first-order valence-electron chi connectivity index (χ1n) is 14.0. The molecule has 4 aromatic rings. The zero-order valence-electron chi connectivity index (χ0n) is 24.0. The number of fused-ring (bicyclic) bond motifs is 1. The van der Waals surface area contributed by atoms with Crippen LogP contribution in [0.3, 0.4) is 0 Å². The number of rotatable bonds is 12. The van der Waals surface area contributed by atoms with Gasteiger partial charge in [-0.1, -0.05) is 78.9 Å². The predicted octanol–water partition coefficient (Wildman–Crippen LogP) is 6.37. The fourth-order valence-corrected chi connectivity index (χ4v) is 5.85. The van der Waals surface area contributed by atoms with E-state index in [0.717, 1.165) is 27.5 Å². The van der Waals surface area contributed by atoms with Crippen LogP contribution < -0.4 is 10.6 Å². The summed E-state index contributed by atoms with van der Waals surface area (Å²) in [5, 5.41) is 8.21. The van der Waals surface area contributed by atoms with Crippen molar-refractivity contribution in [1.29, 1.82) is 0 Å². The van der Waals surface area contributed by atoms with Crippen LogP contribution in [0, 0.1) is 0 Å². The average molecular weight is 570 g/mol. The highest BCUT2D eigenvalue weighted by molar-refractivity contribution is 8.00. The maximum atomic E-state index is 13.4. The number of carbonyl (C=O) groups excluding carboxylic acids is 2. The molecular weight excluding hydrogens is 530 g/mol. The van der Waals surface area contributed by atoms with E-state index in [0.29, 0.717) is 31.6 Å². The van der Waals surface area contributed by atoms with Crippen LogP contribution >= 0.6 is 11.8 Å². The van der Waals surface area contributed by atoms with E-state index in [1.165, 1.54) is 0 Å². The first kappa shape index (κ1) is 30.1. The summed E-state index contributed by atoms with van der Waals surface area (Å²) in [4.78, 5) is 30.4. The van der Waals surface area contributed by atoms with Crippen LogP contribution in [0.2, 0.25) is 0 Å². The first-order valence-corrected chi connectivity index (χ1v) is 15.1. The standard InChI is InChI=1S/C34H39N3O3S/c1-34(2,3)40-33(39)37-29(22-28-16-9-15-27-14-7-8-17-30(27)28)24-41-31(21-25-11-5-4-6-12-25)32(38)36-20-18-26-13-10-19-35-23-26/h4-17,19,23,29,31H,18,20-22,24H2,1-3H3,(H,36,38)(H,37,39)/t29-,31+/m1/s1. The summed E-state index contributed by atoms with van der Waals surface area (Å²) >= 11 is 1.57. The van der Waals surface area contributed by atoms with Gasteiger partial charge in [-0.2, -0.15) is 0 Å². The quantitative estimate of drug-likeness (QED) is 0.207. The Morgan fingerprint density at radius 1 is 0.878 bits per heavy atom. The number of thioether (sulfide) groups is 1. The molecule has 2 N–H and O–H groups in total. The third-order valence-electron chi connectivity index (χ3n) is 6.56. The molecule has 2 amide bonds.